The first-order valence-corrected chi connectivity index (χ1v) is 15.6. The van der Waals surface area contributed by atoms with Crippen LogP contribution in [-0.2, 0) is 0 Å². The van der Waals surface area contributed by atoms with Gasteiger partial charge in [0.15, 0.2) is 0 Å². The SMILES string of the molecule is C#Cc1cccc2cc(O)cc(-n3ccc4c(N5CC6CCC(C5)N6)c(C#N)c(OC[C@@]56CCCN5C[C@H](F)C6)nc4c3=O)c12. The van der Waals surface area contributed by atoms with Crippen molar-refractivity contribution >= 4 is 27.4 Å². The Balaban J connectivity index is 1.32. The average Bonchev–Trinajstić information content (AvgIpc) is 3.68. The van der Waals surface area contributed by atoms with Crippen molar-refractivity contribution in [2.24, 2.45) is 0 Å². The van der Waals surface area contributed by atoms with Crippen LogP contribution in [0.15, 0.2) is 47.4 Å². The van der Waals surface area contributed by atoms with E-state index < -0.39 is 17.3 Å². The minimum Gasteiger partial charge on any atom is -0.508 e. The molecule has 4 aliphatic rings. The number of rotatable bonds is 5. The van der Waals surface area contributed by atoms with Gasteiger partial charge in [0.1, 0.15) is 35.7 Å². The van der Waals surface area contributed by atoms with Crippen LogP contribution in [0.4, 0.5) is 10.1 Å². The van der Waals surface area contributed by atoms with Gasteiger partial charge in [0.25, 0.3) is 5.56 Å². The molecule has 4 aliphatic heterocycles. The van der Waals surface area contributed by atoms with E-state index in [1.807, 2.05) is 18.2 Å². The molecular weight excluding hydrogens is 571 g/mol. The van der Waals surface area contributed by atoms with Gasteiger partial charge in [-0.05, 0) is 55.8 Å². The number of nitrogens with one attached hydrogen (secondary N) is 1. The van der Waals surface area contributed by atoms with Crippen LogP contribution in [0, 0.1) is 23.7 Å². The second-order valence-electron chi connectivity index (χ2n) is 12.9. The number of aromatic hydroxyl groups is 1. The van der Waals surface area contributed by atoms with E-state index in [1.165, 1.54) is 10.6 Å². The van der Waals surface area contributed by atoms with Crippen LogP contribution in [0.2, 0.25) is 0 Å². The van der Waals surface area contributed by atoms with Gasteiger partial charge in [-0.25, -0.2) is 9.37 Å². The van der Waals surface area contributed by atoms with Crippen LogP contribution in [0.1, 0.15) is 43.2 Å². The van der Waals surface area contributed by atoms with Crippen molar-refractivity contribution in [3.05, 3.63) is 64.1 Å². The topological polar surface area (TPSA) is 107 Å². The highest BCUT2D eigenvalue weighted by Crippen LogP contribution is 2.42. The maximum Gasteiger partial charge on any atom is 0.281 e. The van der Waals surface area contributed by atoms with Gasteiger partial charge in [0.2, 0.25) is 5.88 Å². The van der Waals surface area contributed by atoms with E-state index in [-0.39, 0.29) is 41.4 Å². The smallest absolute Gasteiger partial charge is 0.281 e. The summed E-state index contributed by atoms with van der Waals surface area (Å²) in [5.41, 5.74) is 1.23. The molecule has 2 N–H and O–H groups in total. The molecule has 2 unspecified atom stereocenters. The van der Waals surface area contributed by atoms with Crippen molar-refractivity contribution in [1.82, 2.24) is 19.8 Å². The molecule has 0 saturated carbocycles. The number of benzene rings is 2. The lowest BCUT2D eigenvalue weighted by Gasteiger charge is -2.36. The summed E-state index contributed by atoms with van der Waals surface area (Å²) in [5, 5.41) is 26.7. The molecule has 0 amide bonds. The van der Waals surface area contributed by atoms with E-state index in [9.17, 15) is 19.6 Å². The first-order chi connectivity index (χ1) is 21.9. The number of alkyl halides is 1. The molecule has 2 aromatic carbocycles. The summed E-state index contributed by atoms with van der Waals surface area (Å²) in [6.07, 6.45) is 10.8. The fourth-order valence-electron chi connectivity index (χ4n) is 8.27. The van der Waals surface area contributed by atoms with Crippen LogP contribution < -0.4 is 20.5 Å². The number of fused-ring (bicyclic) bond motifs is 5. The van der Waals surface area contributed by atoms with Gasteiger partial charge in [-0.2, -0.15) is 5.26 Å². The number of phenols is 1. The maximum absolute atomic E-state index is 14.6. The number of terminal acetylenes is 1. The number of nitrogens with zero attached hydrogens (tertiary/aromatic N) is 5. The standard InChI is InChI=1S/C35H33FN6O3/c1-2-21-5-3-6-22-13-26(43)14-29(30(21)22)42-12-9-27-31(34(42)44)39-33(45-20-35-10-4-11-41(35)17-23(36)15-35)28(16-37)32(27)40-18-24-7-8-25(19-40)38-24/h1,3,5-6,9,12-14,23-25,38,43H,4,7-8,10-11,15,17-20H2/t23-,24?,25?,35+/m1/s1. The quantitative estimate of drug-likeness (QED) is 0.330. The lowest BCUT2D eigenvalue weighted by Crippen LogP contribution is -2.51. The number of hydrogen-bond acceptors (Lipinski definition) is 8. The number of hydrogen-bond donors (Lipinski definition) is 2. The zero-order valence-corrected chi connectivity index (χ0v) is 24.8. The van der Waals surface area contributed by atoms with Crippen molar-refractivity contribution in [2.75, 3.05) is 37.7 Å². The molecule has 0 spiro atoms. The Kier molecular flexibility index (Phi) is 6.49. The van der Waals surface area contributed by atoms with Gasteiger partial charge in [0.05, 0.1) is 16.9 Å². The fourth-order valence-corrected chi connectivity index (χ4v) is 8.27. The van der Waals surface area contributed by atoms with Crippen LogP contribution >= 0.6 is 0 Å². The van der Waals surface area contributed by atoms with E-state index >= 15 is 0 Å². The van der Waals surface area contributed by atoms with Crippen LogP contribution in [0.25, 0.3) is 27.4 Å². The lowest BCUT2D eigenvalue weighted by atomic mass is 9.95. The minimum absolute atomic E-state index is 0.00411. The Morgan fingerprint density at radius 2 is 2.02 bits per heavy atom. The van der Waals surface area contributed by atoms with E-state index in [1.54, 1.807) is 18.3 Å². The Hall–Kier alpha value is -4.64. The van der Waals surface area contributed by atoms with E-state index in [0.29, 0.717) is 59.2 Å². The predicted molar refractivity (Wildman–Crippen MR) is 170 cm³/mol. The summed E-state index contributed by atoms with van der Waals surface area (Å²) in [6, 6.07) is 13.3. The van der Waals surface area contributed by atoms with Gasteiger partial charge >= 0.3 is 0 Å². The van der Waals surface area contributed by atoms with Gasteiger partial charge in [-0.3, -0.25) is 14.3 Å². The number of phenolic OH excluding ortho intramolecular Hbond substituents is 1. The highest BCUT2D eigenvalue weighted by atomic mass is 19.1. The van der Waals surface area contributed by atoms with Gasteiger partial charge in [-0.15, -0.1) is 6.42 Å². The molecule has 45 heavy (non-hydrogen) atoms. The Bertz CT molecular complexity index is 2000. The third kappa shape index (κ3) is 4.43. The van der Waals surface area contributed by atoms with Crippen molar-refractivity contribution < 1.29 is 14.2 Å². The van der Waals surface area contributed by atoms with Gasteiger partial charge in [-0.1, -0.05) is 18.1 Å². The Labute approximate surface area is 259 Å². The first kappa shape index (κ1) is 27.9. The second-order valence-corrected chi connectivity index (χ2v) is 12.9. The lowest BCUT2D eigenvalue weighted by molar-refractivity contribution is 0.110. The molecule has 4 atom stereocenters. The molecule has 4 saturated heterocycles. The van der Waals surface area contributed by atoms with E-state index in [0.717, 1.165) is 32.2 Å². The minimum atomic E-state index is -0.919. The second kappa shape index (κ2) is 10.5. The molecule has 8 rings (SSSR count). The van der Waals surface area contributed by atoms with Gasteiger partial charge in [0, 0.05) is 66.7 Å². The molecule has 4 aromatic rings. The number of nitriles is 1. The molecule has 228 valence electrons. The summed E-state index contributed by atoms with van der Waals surface area (Å²) in [6.45, 7) is 2.78. The van der Waals surface area contributed by atoms with Crippen LogP contribution in [0.3, 0.4) is 0 Å². The summed E-state index contributed by atoms with van der Waals surface area (Å²) < 4.78 is 22.4. The number of piperazine rings is 1. The molecule has 2 bridgehead atoms. The summed E-state index contributed by atoms with van der Waals surface area (Å²) in [4.78, 5) is 23.5. The highest BCUT2D eigenvalue weighted by molar-refractivity contribution is 5.98. The van der Waals surface area contributed by atoms with Crippen molar-refractivity contribution in [1.29, 1.82) is 5.26 Å². The van der Waals surface area contributed by atoms with Crippen molar-refractivity contribution in [2.45, 2.75) is 55.9 Å². The van der Waals surface area contributed by atoms with E-state index in [4.69, 9.17) is 16.1 Å². The fraction of sp³-hybridized carbons (Fsp3) is 0.400. The Morgan fingerprint density at radius 3 is 2.80 bits per heavy atom. The summed E-state index contributed by atoms with van der Waals surface area (Å²) in [7, 11) is 0. The average molecular weight is 605 g/mol. The molecule has 4 fully saturated rings. The molecular formula is C35H33FN6O3. The molecule has 10 heteroatoms. The Morgan fingerprint density at radius 1 is 1.20 bits per heavy atom. The predicted octanol–water partition coefficient (Wildman–Crippen LogP) is 3.99. The summed E-state index contributed by atoms with van der Waals surface area (Å²) in [5.74, 6) is 2.79. The normalized spacial score (nSPS) is 25.8. The van der Waals surface area contributed by atoms with Crippen molar-refractivity contribution in [3.63, 3.8) is 0 Å². The van der Waals surface area contributed by atoms with Crippen LogP contribution in [0.5, 0.6) is 11.6 Å². The summed E-state index contributed by atoms with van der Waals surface area (Å²) >= 11 is 0. The number of anilines is 1. The molecule has 6 heterocycles. The number of aromatic nitrogens is 2. The van der Waals surface area contributed by atoms with Gasteiger partial charge < -0.3 is 20.1 Å². The first-order valence-electron chi connectivity index (χ1n) is 15.6. The monoisotopic (exact) mass is 604 g/mol. The molecule has 0 radical (unpaired) electrons. The third-order valence-corrected chi connectivity index (χ3v) is 10.2. The third-order valence-electron chi connectivity index (χ3n) is 10.2. The zero-order valence-electron chi connectivity index (χ0n) is 24.8. The molecule has 0 aliphatic carbocycles. The number of pyridine rings is 2. The molecule has 9 nitrogen and oxygen atoms in total. The van der Waals surface area contributed by atoms with E-state index in [2.05, 4.69) is 27.1 Å². The van der Waals surface area contributed by atoms with Crippen LogP contribution in [-0.4, -0.2) is 76.1 Å². The largest absolute Gasteiger partial charge is 0.508 e. The maximum atomic E-state index is 14.6. The number of ether oxygens (including phenoxy) is 1. The van der Waals surface area contributed by atoms with Crippen molar-refractivity contribution in [3.8, 4) is 35.7 Å². The highest BCUT2D eigenvalue weighted by Gasteiger charge is 2.49. The zero-order chi connectivity index (χ0) is 30.9. The molecule has 2 aromatic heterocycles. The number of halogens is 1.